The number of hydrogen-bond donors (Lipinski definition) is 0. The summed E-state index contributed by atoms with van der Waals surface area (Å²) in [5.41, 5.74) is 4.49. The molecule has 0 fully saturated rings. The molecule has 6 nitrogen and oxygen atoms in total. The van der Waals surface area contributed by atoms with Crippen LogP contribution in [0.3, 0.4) is 0 Å². The minimum Gasteiger partial charge on any atom is -0.497 e. The number of ether oxygens (including phenoxy) is 1. The second-order valence-corrected chi connectivity index (χ2v) is 8.39. The minimum absolute atomic E-state index is 0.128. The molecule has 0 radical (unpaired) electrons. The molecule has 6 heteroatoms. The fraction of sp³-hybridized carbons (Fsp3) is 0.207. The zero-order chi connectivity index (χ0) is 24.8. The lowest BCUT2D eigenvalue weighted by molar-refractivity contribution is 0.0785. The first-order valence-corrected chi connectivity index (χ1v) is 11.6. The number of amides is 1. The molecule has 0 bridgehead atoms. The van der Waals surface area contributed by atoms with E-state index in [-0.39, 0.29) is 5.91 Å². The summed E-state index contributed by atoms with van der Waals surface area (Å²) in [5.74, 6) is 1.77. The summed E-state index contributed by atoms with van der Waals surface area (Å²) in [6.45, 7) is 5.25. The van der Waals surface area contributed by atoms with E-state index in [0.717, 1.165) is 28.1 Å². The molecule has 0 saturated carbocycles. The normalized spacial score (nSPS) is 10.6. The van der Waals surface area contributed by atoms with E-state index in [0.29, 0.717) is 30.3 Å². The maximum atomic E-state index is 13.6. The first-order valence-electron chi connectivity index (χ1n) is 11.6. The molecule has 0 saturated heterocycles. The second-order valence-electron chi connectivity index (χ2n) is 8.39. The van der Waals surface area contributed by atoms with Gasteiger partial charge in [-0.2, -0.15) is 0 Å². The summed E-state index contributed by atoms with van der Waals surface area (Å²) >= 11 is 0. The SMILES string of the molecule is CCN(c1cccc(C)c1)c1nc(-c2ccc(OC)cc2)ncc1C(=O)N(C)Cc1ccccc1. The van der Waals surface area contributed by atoms with Gasteiger partial charge in [0.15, 0.2) is 5.82 Å². The lowest BCUT2D eigenvalue weighted by Gasteiger charge is -2.26. The Bertz CT molecular complexity index is 1290. The van der Waals surface area contributed by atoms with E-state index in [1.54, 1.807) is 25.3 Å². The van der Waals surface area contributed by atoms with Crippen molar-refractivity contribution in [3.63, 3.8) is 0 Å². The number of benzene rings is 3. The van der Waals surface area contributed by atoms with Crippen LogP contribution >= 0.6 is 0 Å². The van der Waals surface area contributed by atoms with Crippen molar-refractivity contribution in [2.24, 2.45) is 0 Å². The van der Waals surface area contributed by atoms with E-state index in [1.807, 2.05) is 66.7 Å². The van der Waals surface area contributed by atoms with Crippen molar-refractivity contribution in [1.29, 1.82) is 0 Å². The van der Waals surface area contributed by atoms with Crippen LogP contribution in [0.5, 0.6) is 5.75 Å². The van der Waals surface area contributed by atoms with E-state index in [9.17, 15) is 4.79 Å². The highest BCUT2D eigenvalue weighted by atomic mass is 16.5. The Hall–Kier alpha value is -4.19. The Morgan fingerprint density at radius 1 is 0.971 bits per heavy atom. The molecule has 0 atom stereocenters. The van der Waals surface area contributed by atoms with Crippen LogP contribution in [0, 0.1) is 6.92 Å². The Morgan fingerprint density at radius 3 is 2.37 bits per heavy atom. The van der Waals surface area contributed by atoms with Gasteiger partial charge in [0.05, 0.1) is 7.11 Å². The molecule has 1 heterocycles. The third-order valence-electron chi connectivity index (χ3n) is 5.84. The van der Waals surface area contributed by atoms with Gasteiger partial charge in [-0.15, -0.1) is 0 Å². The Labute approximate surface area is 206 Å². The molecule has 35 heavy (non-hydrogen) atoms. The Morgan fingerprint density at radius 2 is 1.71 bits per heavy atom. The summed E-state index contributed by atoms with van der Waals surface area (Å²) < 4.78 is 5.28. The number of aromatic nitrogens is 2. The van der Waals surface area contributed by atoms with Gasteiger partial charge in [0.2, 0.25) is 0 Å². The van der Waals surface area contributed by atoms with Crippen LogP contribution < -0.4 is 9.64 Å². The van der Waals surface area contributed by atoms with Gasteiger partial charge in [-0.05, 0) is 61.4 Å². The van der Waals surface area contributed by atoms with Crippen molar-refractivity contribution in [1.82, 2.24) is 14.9 Å². The highest BCUT2D eigenvalue weighted by Gasteiger charge is 2.23. The van der Waals surface area contributed by atoms with Crippen molar-refractivity contribution in [3.8, 4) is 17.1 Å². The zero-order valence-electron chi connectivity index (χ0n) is 20.6. The fourth-order valence-corrected chi connectivity index (χ4v) is 3.99. The summed E-state index contributed by atoms with van der Waals surface area (Å²) in [6.07, 6.45) is 1.64. The monoisotopic (exact) mass is 466 g/mol. The van der Waals surface area contributed by atoms with Gasteiger partial charge in [0.25, 0.3) is 5.91 Å². The molecule has 3 aromatic carbocycles. The molecule has 4 rings (SSSR count). The molecule has 0 N–H and O–H groups in total. The highest BCUT2D eigenvalue weighted by Crippen LogP contribution is 2.30. The van der Waals surface area contributed by atoms with Gasteiger partial charge < -0.3 is 14.5 Å². The summed E-state index contributed by atoms with van der Waals surface area (Å²) in [4.78, 5) is 26.9. The lowest BCUT2D eigenvalue weighted by atomic mass is 10.1. The van der Waals surface area contributed by atoms with Gasteiger partial charge in [-0.3, -0.25) is 4.79 Å². The first kappa shape index (κ1) is 24.0. The lowest BCUT2D eigenvalue weighted by Crippen LogP contribution is -2.29. The molecule has 0 aliphatic rings. The average molecular weight is 467 g/mol. The topological polar surface area (TPSA) is 58.6 Å². The molecule has 1 aromatic heterocycles. The van der Waals surface area contributed by atoms with Crippen molar-refractivity contribution >= 4 is 17.4 Å². The zero-order valence-corrected chi connectivity index (χ0v) is 20.6. The number of anilines is 2. The summed E-state index contributed by atoms with van der Waals surface area (Å²) in [5, 5.41) is 0. The van der Waals surface area contributed by atoms with Crippen LogP contribution in [0.25, 0.3) is 11.4 Å². The van der Waals surface area contributed by atoms with Crippen molar-refractivity contribution in [2.45, 2.75) is 20.4 Å². The van der Waals surface area contributed by atoms with E-state index < -0.39 is 0 Å². The van der Waals surface area contributed by atoms with E-state index >= 15 is 0 Å². The number of carbonyl (C=O) groups is 1. The predicted octanol–water partition coefficient (Wildman–Crippen LogP) is 5.89. The van der Waals surface area contributed by atoms with Crippen LogP contribution in [0.4, 0.5) is 11.5 Å². The second kappa shape index (κ2) is 10.8. The molecule has 0 aliphatic heterocycles. The maximum absolute atomic E-state index is 13.6. The van der Waals surface area contributed by atoms with Gasteiger partial charge in [-0.25, -0.2) is 9.97 Å². The number of hydrogen-bond acceptors (Lipinski definition) is 5. The quantitative estimate of drug-likeness (QED) is 0.324. The van der Waals surface area contributed by atoms with Crippen molar-refractivity contribution < 1.29 is 9.53 Å². The number of rotatable bonds is 8. The summed E-state index contributed by atoms with van der Waals surface area (Å²) in [7, 11) is 3.44. The smallest absolute Gasteiger partial charge is 0.259 e. The standard InChI is InChI=1S/C29H30N4O2/c1-5-33(24-13-9-10-21(2)18-24)28-26(29(34)32(3)20-22-11-7-6-8-12-22)19-30-27(31-28)23-14-16-25(35-4)17-15-23/h6-19H,5,20H2,1-4H3. The third kappa shape index (κ3) is 5.49. The van der Waals surface area contributed by atoms with Gasteiger partial charge >= 0.3 is 0 Å². The van der Waals surface area contributed by atoms with E-state index in [2.05, 4.69) is 35.9 Å². The minimum atomic E-state index is -0.128. The predicted molar refractivity (Wildman–Crippen MR) is 140 cm³/mol. The molecule has 1 amide bonds. The molecule has 0 aliphatic carbocycles. The Kier molecular flexibility index (Phi) is 7.41. The first-order chi connectivity index (χ1) is 17.0. The molecule has 4 aromatic rings. The number of carbonyl (C=O) groups excluding carboxylic acids is 1. The highest BCUT2D eigenvalue weighted by molar-refractivity contribution is 5.99. The van der Waals surface area contributed by atoms with Crippen molar-refractivity contribution in [2.75, 3.05) is 25.6 Å². The Balaban J connectivity index is 1.77. The number of nitrogens with zero attached hydrogens (tertiary/aromatic N) is 4. The molecular weight excluding hydrogens is 436 g/mol. The third-order valence-corrected chi connectivity index (χ3v) is 5.84. The van der Waals surface area contributed by atoms with Gasteiger partial charge in [0.1, 0.15) is 17.1 Å². The van der Waals surface area contributed by atoms with Gasteiger partial charge in [-0.1, -0.05) is 42.5 Å². The fourth-order valence-electron chi connectivity index (χ4n) is 3.99. The van der Waals surface area contributed by atoms with E-state index in [1.165, 1.54) is 0 Å². The maximum Gasteiger partial charge on any atom is 0.259 e. The molecule has 0 unspecified atom stereocenters. The van der Waals surface area contributed by atoms with Crippen molar-refractivity contribution in [3.05, 3.63) is 102 Å². The molecule has 0 spiro atoms. The number of aryl methyl sites for hydroxylation is 1. The van der Waals surface area contributed by atoms with Crippen LogP contribution in [0.1, 0.15) is 28.4 Å². The van der Waals surface area contributed by atoms with Gasteiger partial charge in [0, 0.05) is 37.6 Å². The van der Waals surface area contributed by atoms with Crippen LogP contribution in [-0.2, 0) is 6.54 Å². The summed E-state index contributed by atoms with van der Waals surface area (Å²) in [6, 6.07) is 25.7. The molecular formula is C29H30N4O2. The van der Waals surface area contributed by atoms with E-state index in [4.69, 9.17) is 9.72 Å². The number of methoxy groups -OCH3 is 1. The van der Waals surface area contributed by atoms with Crippen LogP contribution in [-0.4, -0.2) is 41.5 Å². The molecule has 178 valence electrons. The van der Waals surface area contributed by atoms with Crippen LogP contribution in [0.2, 0.25) is 0 Å². The average Bonchev–Trinajstić information content (AvgIpc) is 2.89. The largest absolute Gasteiger partial charge is 0.497 e. The van der Waals surface area contributed by atoms with Crippen LogP contribution in [0.15, 0.2) is 85.1 Å².